The van der Waals surface area contributed by atoms with Crippen molar-refractivity contribution in [2.45, 2.75) is 59.8 Å². The fraction of sp³-hybridized carbons (Fsp3) is 0.429. The molecule has 0 saturated heterocycles. The molecule has 2 rings (SSSR count). The molecule has 0 aliphatic carbocycles. The predicted octanol–water partition coefficient (Wildman–Crippen LogP) is 5.82. The van der Waals surface area contributed by atoms with Crippen LogP contribution in [0.5, 0.6) is 0 Å². The number of nitrogens with zero attached hydrogens (tertiary/aromatic N) is 2. The van der Waals surface area contributed by atoms with Gasteiger partial charge in [-0.25, -0.2) is 0 Å². The summed E-state index contributed by atoms with van der Waals surface area (Å²) in [5.74, 6) is -0.266. The lowest BCUT2D eigenvalue weighted by molar-refractivity contribution is -0.113. The maximum absolute atomic E-state index is 13.0. The number of carbonyl (C=O) groups is 1. The summed E-state index contributed by atoms with van der Waals surface area (Å²) in [5, 5.41) is 10.1. The molecule has 4 heteroatoms. The Morgan fingerprint density at radius 2 is 1.92 bits per heavy atom. The molecule has 0 radical (unpaired) electrons. The number of halogens is 1. The van der Waals surface area contributed by atoms with E-state index < -0.39 is 0 Å². The van der Waals surface area contributed by atoms with Gasteiger partial charge in [0, 0.05) is 10.7 Å². The van der Waals surface area contributed by atoms with Gasteiger partial charge in [0.15, 0.2) is 0 Å². The van der Waals surface area contributed by atoms with Crippen LogP contribution in [-0.2, 0) is 10.2 Å². The molecule has 0 spiro atoms. The summed E-state index contributed by atoms with van der Waals surface area (Å²) in [5.41, 5.74) is 4.29. The Morgan fingerprint density at radius 3 is 2.44 bits per heavy atom. The van der Waals surface area contributed by atoms with Gasteiger partial charge in [0.1, 0.15) is 11.6 Å². The summed E-state index contributed by atoms with van der Waals surface area (Å²) in [7, 11) is 0. The highest BCUT2D eigenvalue weighted by Gasteiger charge is 2.37. The molecule has 0 unspecified atom stereocenters. The number of anilines is 1. The average molecular weight is 357 g/mol. The molecule has 132 valence electrons. The van der Waals surface area contributed by atoms with Crippen molar-refractivity contribution in [3.05, 3.63) is 51.2 Å². The quantitative estimate of drug-likeness (QED) is 0.685. The smallest absolute Gasteiger partial charge is 0.273 e. The minimum absolute atomic E-state index is 0.163. The van der Waals surface area contributed by atoms with Gasteiger partial charge in [0.05, 0.1) is 5.69 Å². The topological polar surface area (TPSA) is 44.1 Å². The van der Waals surface area contributed by atoms with E-state index in [1.807, 2.05) is 32.1 Å². The van der Waals surface area contributed by atoms with Crippen LogP contribution in [-0.4, -0.2) is 5.91 Å². The third kappa shape index (κ3) is 3.37. The lowest BCUT2D eigenvalue weighted by atomic mass is 9.84. The van der Waals surface area contributed by atoms with E-state index in [9.17, 15) is 10.1 Å². The molecule has 25 heavy (non-hydrogen) atoms. The summed E-state index contributed by atoms with van der Waals surface area (Å²) in [4.78, 5) is 14.7. The summed E-state index contributed by atoms with van der Waals surface area (Å²) in [6.07, 6.45) is 3.87. The van der Waals surface area contributed by atoms with Crippen LogP contribution in [0.1, 0.15) is 58.6 Å². The second-order valence-electron chi connectivity index (χ2n) is 7.45. The Kier molecular flexibility index (Phi) is 5.44. The number of hydrogen-bond donors (Lipinski definition) is 0. The monoisotopic (exact) mass is 356 g/mol. The first kappa shape index (κ1) is 19.3. The van der Waals surface area contributed by atoms with Crippen molar-refractivity contribution < 1.29 is 4.79 Å². The molecule has 0 N–H and O–H groups in total. The maximum Gasteiger partial charge on any atom is 0.273 e. The van der Waals surface area contributed by atoms with Gasteiger partial charge in [-0.15, -0.1) is 0 Å². The molecule has 1 aromatic rings. The van der Waals surface area contributed by atoms with E-state index >= 15 is 0 Å². The Bertz CT molecular complexity index is 820. The number of allylic oxidation sites excluding steroid dienone is 2. The fourth-order valence-corrected chi connectivity index (χ4v) is 3.28. The third-order valence-corrected chi connectivity index (χ3v) is 4.96. The zero-order valence-corrected chi connectivity index (χ0v) is 16.6. The Balaban J connectivity index is 2.79. The maximum atomic E-state index is 13.0. The van der Waals surface area contributed by atoms with Crippen LogP contribution in [0.25, 0.3) is 0 Å². The molecule has 1 amide bonds. The highest BCUT2D eigenvalue weighted by atomic mass is 35.5. The van der Waals surface area contributed by atoms with E-state index in [-0.39, 0.29) is 16.9 Å². The van der Waals surface area contributed by atoms with Crippen molar-refractivity contribution in [1.29, 1.82) is 5.26 Å². The number of carbonyl (C=O) groups excluding carboxylic acids is 1. The Hall–Kier alpha value is -2.05. The first-order valence-corrected chi connectivity index (χ1v) is 8.98. The normalized spacial score (nSPS) is 16.8. The van der Waals surface area contributed by atoms with Gasteiger partial charge in [0.25, 0.3) is 5.91 Å². The van der Waals surface area contributed by atoms with E-state index in [2.05, 4.69) is 33.8 Å². The van der Waals surface area contributed by atoms with Crippen molar-refractivity contribution in [3.63, 3.8) is 0 Å². The number of unbranched alkanes of at least 4 members (excludes halogenated alkanes) is 1. The first-order valence-electron chi connectivity index (χ1n) is 8.60. The van der Waals surface area contributed by atoms with E-state index in [0.29, 0.717) is 5.02 Å². The molecular weight excluding hydrogens is 332 g/mol. The number of nitriles is 1. The van der Waals surface area contributed by atoms with Crippen molar-refractivity contribution in [2.75, 3.05) is 4.90 Å². The van der Waals surface area contributed by atoms with E-state index in [4.69, 9.17) is 11.6 Å². The number of rotatable bonds is 3. The van der Waals surface area contributed by atoms with Gasteiger partial charge in [0.2, 0.25) is 0 Å². The average Bonchev–Trinajstić information content (AvgIpc) is 2.76. The van der Waals surface area contributed by atoms with Crippen molar-refractivity contribution in [2.24, 2.45) is 0 Å². The van der Waals surface area contributed by atoms with Crippen LogP contribution >= 0.6 is 11.6 Å². The molecule has 0 aromatic heterocycles. The largest absolute Gasteiger partial charge is 0.276 e. The molecule has 0 saturated carbocycles. The predicted molar refractivity (Wildman–Crippen MR) is 104 cm³/mol. The van der Waals surface area contributed by atoms with E-state index in [0.717, 1.165) is 40.9 Å². The fourth-order valence-electron chi connectivity index (χ4n) is 3.13. The van der Waals surface area contributed by atoms with Crippen LogP contribution in [0.2, 0.25) is 5.02 Å². The number of hydrogen-bond acceptors (Lipinski definition) is 2. The molecule has 0 atom stereocenters. The lowest BCUT2D eigenvalue weighted by Gasteiger charge is -2.31. The van der Waals surface area contributed by atoms with Gasteiger partial charge in [-0.05, 0) is 48.4 Å². The molecular formula is C21H25ClN2O. The van der Waals surface area contributed by atoms with Crippen LogP contribution in [0.15, 0.2) is 35.1 Å². The zero-order valence-electron chi connectivity index (χ0n) is 15.8. The van der Waals surface area contributed by atoms with Crippen LogP contribution in [0.3, 0.4) is 0 Å². The lowest BCUT2D eigenvalue weighted by Crippen LogP contribution is -2.29. The summed E-state index contributed by atoms with van der Waals surface area (Å²) >= 11 is 6.38. The van der Waals surface area contributed by atoms with E-state index in [1.54, 1.807) is 4.90 Å². The van der Waals surface area contributed by atoms with Gasteiger partial charge >= 0.3 is 0 Å². The molecule has 1 aliphatic rings. The van der Waals surface area contributed by atoms with Gasteiger partial charge < -0.3 is 0 Å². The second-order valence-corrected chi connectivity index (χ2v) is 7.86. The van der Waals surface area contributed by atoms with Crippen LogP contribution in [0.4, 0.5) is 5.69 Å². The van der Waals surface area contributed by atoms with Crippen molar-refractivity contribution in [1.82, 2.24) is 0 Å². The standard InChI is InChI=1S/C21H25ClN2O/c1-7-8-9-18-13(2)15(12-23)20(25)24(18)19-14(3)17(22)11-10-16(19)21(4,5)6/h9-11H,7-8H2,1-6H3/b18-9+. The molecule has 0 fully saturated rings. The Morgan fingerprint density at radius 1 is 1.28 bits per heavy atom. The van der Waals surface area contributed by atoms with Crippen LogP contribution < -0.4 is 4.90 Å². The zero-order chi connectivity index (χ0) is 18.9. The highest BCUT2D eigenvalue weighted by molar-refractivity contribution is 6.32. The number of amides is 1. The first-order chi connectivity index (χ1) is 11.6. The van der Waals surface area contributed by atoms with Gasteiger partial charge in [-0.1, -0.05) is 57.9 Å². The SMILES string of the molecule is CCC/C=C1\C(C)=C(C#N)C(=O)N1c1c(C(C)(C)C)ccc(Cl)c1C. The molecule has 1 aromatic carbocycles. The molecule has 3 nitrogen and oxygen atoms in total. The van der Waals surface area contributed by atoms with Crippen LogP contribution in [0, 0.1) is 18.3 Å². The summed E-state index contributed by atoms with van der Waals surface area (Å²) in [6, 6.07) is 5.94. The van der Waals surface area contributed by atoms with Crippen molar-refractivity contribution >= 4 is 23.2 Å². The minimum Gasteiger partial charge on any atom is -0.276 e. The minimum atomic E-state index is -0.266. The van der Waals surface area contributed by atoms with Crippen molar-refractivity contribution in [3.8, 4) is 6.07 Å². The molecule has 1 aliphatic heterocycles. The Labute approximate surface area is 155 Å². The van der Waals surface area contributed by atoms with E-state index in [1.165, 1.54) is 0 Å². The summed E-state index contributed by atoms with van der Waals surface area (Å²) < 4.78 is 0. The highest BCUT2D eigenvalue weighted by Crippen LogP contribution is 2.43. The number of benzene rings is 1. The molecule has 1 heterocycles. The summed E-state index contributed by atoms with van der Waals surface area (Å²) in [6.45, 7) is 12.2. The molecule has 0 bridgehead atoms. The third-order valence-electron chi connectivity index (χ3n) is 4.55. The van der Waals surface area contributed by atoms with Gasteiger partial charge in [-0.3, -0.25) is 9.69 Å². The van der Waals surface area contributed by atoms with Gasteiger partial charge in [-0.2, -0.15) is 5.26 Å². The second kappa shape index (κ2) is 7.06.